The van der Waals surface area contributed by atoms with Crippen LogP contribution in [0.1, 0.15) is 20.3 Å². The molecule has 1 fully saturated rings. The molecule has 0 saturated carbocycles. The van der Waals surface area contributed by atoms with Gasteiger partial charge in [0.05, 0.1) is 0 Å². The molecule has 1 heterocycles. The minimum absolute atomic E-state index is 0.00986. The van der Waals surface area contributed by atoms with Gasteiger partial charge in [-0.15, -0.1) is 0 Å². The van der Waals surface area contributed by atoms with Gasteiger partial charge in [0.15, 0.2) is 0 Å². The van der Waals surface area contributed by atoms with E-state index < -0.39 is 0 Å². The Morgan fingerprint density at radius 3 is 2.80 bits per heavy atom. The highest BCUT2D eigenvalue weighted by Crippen LogP contribution is 2.26. The summed E-state index contributed by atoms with van der Waals surface area (Å²) in [7, 11) is 0. The minimum atomic E-state index is -0.313. The molecule has 1 saturated heterocycles. The van der Waals surface area contributed by atoms with E-state index in [0.29, 0.717) is 6.61 Å². The Morgan fingerprint density at radius 2 is 2.50 bits per heavy atom. The highest BCUT2D eigenvalue weighted by Gasteiger charge is 2.34. The van der Waals surface area contributed by atoms with Crippen molar-refractivity contribution in [3.8, 4) is 0 Å². The van der Waals surface area contributed by atoms with Crippen LogP contribution in [0, 0.1) is 0 Å². The van der Waals surface area contributed by atoms with Crippen molar-refractivity contribution < 1.29 is 14.3 Å². The lowest BCUT2D eigenvalue weighted by molar-refractivity contribution is 0.0640. The highest BCUT2D eigenvalue weighted by atomic mass is 16.7. The van der Waals surface area contributed by atoms with Crippen LogP contribution in [0.25, 0.3) is 0 Å². The van der Waals surface area contributed by atoms with Crippen LogP contribution < -0.4 is 0 Å². The molecule has 56 valence electrons. The van der Waals surface area contributed by atoms with Gasteiger partial charge in [-0.2, -0.15) is 0 Å². The first-order valence-electron chi connectivity index (χ1n) is 3.27. The van der Waals surface area contributed by atoms with Gasteiger partial charge in [-0.1, -0.05) is 6.92 Å². The van der Waals surface area contributed by atoms with E-state index in [9.17, 15) is 4.79 Å². The second-order valence-electron chi connectivity index (χ2n) is 2.58. The fourth-order valence-corrected chi connectivity index (χ4v) is 0.725. The second kappa shape index (κ2) is 2.35. The van der Waals surface area contributed by atoms with Crippen LogP contribution in [-0.2, 0) is 14.3 Å². The molecular formula is C7H10O3. The Balaban J connectivity index is 2.66. The molecule has 10 heavy (non-hydrogen) atoms. The van der Waals surface area contributed by atoms with E-state index in [-0.39, 0.29) is 11.5 Å². The standard InChI is InChI=1S/C7H10O3/c1-3-7(2)5-9-6(4-8)10-7/h3,5H2,1-2H3. The molecule has 0 aromatic carbocycles. The monoisotopic (exact) mass is 142 g/mol. The van der Waals surface area contributed by atoms with Crippen molar-refractivity contribution in [2.45, 2.75) is 25.9 Å². The Hall–Kier alpha value is -0.950. The first-order chi connectivity index (χ1) is 4.70. The van der Waals surface area contributed by atoms with Gasteiger partial charge in [0.25, 0.3) is 0 Å². The van der Waals surface area contributed by atoms with Crippen LogP contribution in [-0.4, -0.2) is 18.1 Å². The highest BCUT2D eigenvalue weighted by molar-refractivity contribution is 5.47. The van der Waals surface area contributed by atoms with E-state index >= 15 is 0 Å². The summed E-state index contributed by atoms with van der Waals surface area (Å²) in [5, 5.41) is 0. The molecule has 1 aliphatic heterocycles. The maximum Gasteiger partial charge on any atom is 0.370 e. The van der Waals surface area contributed by atoms with Crippen LogP contribution in [0.3, 0.4) is 0 Å². The summed E-state index contributed by atoms with van der Waals surface area (Å²) in [6.45, 7) is 4.34. The summed E-state index contributed by atoms with van der Waals surface area (Å²) in [5.74, 6) is 1.57. The SMILES string of the molecule is CCC1(C)COC(=C=O)O1. The summed E-state index contributed by atoms with van der Waals surface area (Å²) in [5.41, 5.74) is -0.313. The quantitative estimate of drug-likeness (QED) is 0.510. The van der Waals surface area contributed by atoms with Crippen LogP contribution in [0.15, 0.2) is 5.95 Å². The predicted octanol–water partition coefficient (Wildman–Crippen LogP) is 0.875. The Bertz CT molecular complexity index is 181. The van der Waals surface area contributed by atoms with Gasteiger partial charge in [0.1, 0.15) is 12.2 Å². The van der Waals surface area contributed by atoms with E-state index in [1.807, 2.05) is 13.8 Å². The van der Waals surface area contributed by atoms with Gasteiger partial charge in [-0.25, -0.2) is 4.79 Å². The third kappa shape index (κ3) is 1.14. The fourth-order valence-electron chi connectivity index (χ4n) is 0.725. The van der Waals surface area contributed by atoms with E-state index in [1.54, 1.807) is 5.94 Å². The van der Waals surface area contributed by atoms with Crippen molar-refractivity contribution in [1.82, 2.24) is 0 Å². The third-order valence-electron chi connectivity index (χ3n) is 1.68. The summed E-state index contributed by atoms with van der Waals surface area (Å²) < 4.78 is 10.00. The summed E-state index contributed by atoms with van der Waals surface area (Å²) in [6, 6.07) is 0. The van der Waals surface area contributed by atoms with Crippen molar-refractivity contribution in [3.05, 3.63) is 5.95 Å². The fraction of sp³-hybridized carbons (Fsp3) is 0.714. The van der Waals surface area contributed by atoms with Crippen molar-refractivity contribution >= 4 is 5.94 Å². The Labute approximate surface area is 59.6 Å². The summed E-state index contributed by atoms with van der Waals surface area (Å²) >= 11 is 0. The zero-order chi connectivity index (χ0) is 7.61. The average molecular weight is 142 g/mol. The molecular weight excluding hydrogens is 132 g/mol. The van der Waals surface area contributed by atoms with Crippen molar-refractivity contribution in [3.63, 3.8) is 0 Å². The summed E-state index contributed by atoms with van der Waals surface area (Å²) in [6.07, 6.45) is 0.832. The molecule has 1 aliphatic rings. The smallest absolute Gasteiger partial charge is 0.370 e. The van der Waals surface area contributed by atoms with Crippen LogP contribution in [0.5, 0.6) is 0 Å². The molecule has 0 aromatic rings. The molecule has 3 heteroatoms. The summed E-state index contributed by atoms with van der Waals surface area (Å²) in [4.78, 5) is 10.00. The molecule has 0 spiro atoms. The van der Waals surface area contributed by atoms with E-state index in [2.05, 4.69) is 0 Å². The largest absolute Gasteiger partial charge is 0.453 e. The molecule has 0 bridgehead atoms. The normalized spacial score (nSPS) is 30.8. The molecule has 0 aliphatic carbocycles. The first kappa shape index (κ1) is 7.16. The molecule has 0 amide bonds. The van der Waals surface area contributed by atoms with Crippen molar-refractivity contribution in [2.24, 2.45) is 0 Å². The Kier molecular flexibility index (Phi) is 1.68. The lowest BCUT2D eigenvalue weighted by Crippen LogP contribution is -2.25. The molecule has 3 nitrogen and oxygen atoms in total. The van der Waals surface area contributed by atoms with E-state index in [1.165, 1.54) is 0 Å². The maximum atomic E-state index is 10.00. The van der Waals surface area contributed by atoms with E-state index in [0.717, 1.165) is 6.42 Å². The Morgan fingerprint density at radius 1 is 1.80 bits per heavy atom. The van der Waals surface area contributed by atoms with Crippen molar-refractivity contribution in [2.75, 3.05) is 6.61 Å². The molecule has 1 atom stereocenters. The molecule has 0 radical (unpaired) electrons. The van der Waals surface area contributed by atoms with E-state index in [4.69, 9.17) is 9.47 Å². The molecule has 0 aromatic heterocycles. The van der Waals surface area contributed by atoms with Gasteiger partial charge in [-0.05, 0) is 13.3 Å². The van der Waals surface area contributed by atoms with Gasteiger partial charge in [0.2, 0.25) is 5.94 Å². The number of carbonyl (C=O) groups excluding carboxylic acids is 1. The van der Waals surface area contributed by atoms with Crippen LogP contribution in [0.4, 0.5) is 0 Å². The first-order valence-corrected chi connectivity index (χ1v) is 3.27. The molecule has 1 rings (SSSR count). The number of rotatable bonds is 1. The van der Waals surface area contributed by atoms with Gasteiger partial charge in [-0.3, -0.25) is 0 Å². The lowest BCUT2D eigenvalue weighted by Gasteiger charge is -2.16. The molecule has 1 unspecified atom stereocenters. The number of hydrogen-bond donors (Lipinski definition) is 0. The van der Waals surface area contributed by atoms with Crippen LogP contribution in [0.2, 0.25) is 0 Å². The third-order valence-corrected chi connectivity index (χ3v) is 1.68. The van der Waals surface area contributed by atoms with Crippen LogP contribution >= 0.6 is 0 Å². The van der Waals surface area contributed by atoms with Gasteiger partial charge in [0, 0.05) is 0 Å². The minimum Gasteiger partial charge on any atom is -0.453 e. The topological polar surface area (TPSA) is 35.5 Å². The lowest BCUT2D eigenvalue weighted by atomic mass is 10.1. The zero-order valence-corrected chi connectivity index (χ0v) is 6.14. The molecule has 0 N–H and O–H groups in total. The number of hydrogen-bond acceptors (Lipinski definition) is 3. The average Bonchev–Trinajstić information content (AvgIpc) is 2.33. The maximum absolute atomic E-state index is 10.00. The predicted molar refractivity (Wildman–Crippen MR) is 34.9 cm³/mol. The van der Waals surface area contributed by atoms with Gasteiger partial charge >= 0.3 is 5.95 Å². The number of ether oxygens (including phenoxy) is 2. The second-order valence-corrected chi connectivity index (χ2v) is 2.58. The van der Waals surface area contributed by atoms with Gasteiger partial charge < -0.3 is 9.47 Å². The zero-order valence-electron chi connectivity index (χ0n) is 6.14. The van der Waals surface area contributed by atoms with Crippen molar-refractivity contribution in [1.29, 1.82) is 0 Å².